The van der Waals surface area contributed by atoms with Crippen molar-refractivity contribution < 1.29 is 14.5 Å². The predicted octanol–water partition coefficient (Wildman–Crippen LogP) is 3.20. The van der Waals surface area contributed by atoms with Crippen molar-refractivity contribution in [2.75, 3.05) is 25.6 Å². The van der Waals surface area contributed by atoms with Gasteiger partial charge in [-0.2, -0.15) is 0 Å². The quantitative estimate of drug-likeness (QED) is 0.495. The zero-order chi connectivity index (χ0) is 17.8. The number of amides is 1. The third kappa shape index (κ3) is 3.32. The summed E-state index contributed by atoms with van der Waals surface area (Å²) in [4.78, 5) is 25.6. The number of nitrogens with zero attached hydrogens (tertiary/aromatic N) is 2. The van der Waals surface area contributed by atoms with Crippen LogP contribution in [0.2, 0.25) is 0 Å². The lowest BCUT2D eigenvalue weighted by Crippen LogP contribution is -2.43. The molecule has 7 nitrogen and oxygen atoms in total. The maximum absolute atomic E-state index is 13.0. The number of para-hydroxylation sites is 2. The predicted molar refractivity (Wildman–Crippen MR) is 93.4 cm³/mol. The number of ether oxygens (including phenoxy) is 1. The SMILES string of the molecule is COCCCN1C(=O)c2ccccc2NC1c1ccccc1[N+](=O)[O-]. The van der Waals surface area contributed by atoms with Crippen LogP contribution in [0, 0.1) is 10.1 Å². The Morgan fingerprint density at radius 3 is 2.68 bits per heavy atom. The Balaban J connectivity index is 2.03. The molecule has 1 amide bonds. The third-order valence-corrected chi connectivity index (χ3v) is 4.20. The number of nitro groups is 1. The van der Waals surface area contributed by atoms with Crippen molar-refractivity contribution in [1.29, 1.82) is 0 Å². The molecule has 0 aliphatic carbocycles. The maximum Gasteiger partial charge on any atom is 0.276 e. The fraction of sp³-hybridized carbons (Fsp3) is 0.278. The van der Waals surface area contributed by atoms with Crippen LogP contribution in [0.5, 0.6) is 0 Å². The third-order valence-electron chi connectivity index (χ3n) is 4.20. The molecular weight excluding hydrogens is 322 g/mol. The van der Waals surface area contributed by atoms with Gasteiger partial charge in [0.25, 0.3) is 11.6 Å². The van der Waals surface area contributed by atoms with Crippen molar-refractivity contribution in [3.05, 3.63) is 69.8 Å². The molecule has 1 atom stereocenters. The van der Waals surface area contributed by atoms with Crippen LogP contribution < -0.4 is 5.32 Å². The first-order valence-electron chi connectivity index (χ1n) is 8.02. The van der Waals surface area contributed by atoms with E-state index in [1.807, 2.05) is 12.1 Å². The van der Waals surface area contributed by atoms with Gasteiger partial charge in [-0.1, -0.05) is 24.3 Å². The lowest BCUT2D eigenvalue weighted by Gasteiger charge is -2.37. The van der Waals surface area contributed by atoms with Crippen LogP contribution in [0.4, 0.5) is 11.4 Å². The van der Waals surface area contributed by atoms with Crippen molar-refractivity contribution in [2.24, 2.45) is 0 Å². The van der Waals surface area contributed by atoms with Crippen LogP contribution in [0.15, 0.2) is 48.5 Å². The van der Waals surface area contributed by atoms with Gasteiger partial charge in [-0.15, -0.1) is 0 Å². The Morgan fingerprint density at radius 1 is 1.20 bits per heavy atom. The number of carbonyl (C=O) groups is 1. The van der Waals surface area contributed by atoms with Crippen LogP contribution in [0.25, 0.3) is 0 Å². The largest absolute Gasteiger partial charge is 0.385 e. The molecule has 2 aromatic rings. The highest BCUT2D eigenvalue weighted by Gasteiger charge is 2.35. The number of benzene rings is 2. The van der Waals surface area contributed by atoms with Gasteiger partial charge in [0.15, 0.2) is 0 Å². The molecule has 0 bridgehead atoms. The van der Waals surface area contributed by atoms with Gasteiger partial charge in [0.1, 0.15) is 6.17 Å². The Kier molecular flexibility index (Phi) is 4.95. The van der Waals surface area contributed by atoms with E-state index in [1.54, 1.807) is 42.3 Å². The summed E-state index contributed by atoms with van der Waals surface area (Å²) in [7, 11) is 1.60. The number of carbonyl (C=O) groups excluding carboxylic acids is 1. The zero-order valence-electron chi connectivity index (χ0n) is 13.8. The Labute approximate surface area is 145 Å². The highest BCUT2D eigenvalue weighted by Crippen LogP contribution is 2.36. The van der Waals surface area contributed by atoms with E-state index in [0.717, 1.165) is 0 Å². The molecule has 1 aliphatic heterocycles. The van der Waals surface area contributed by atoms with Gasteiger partial charge in [0.2, 0.25) is 0 Å². The Morgan fingerprint density at radius 2 is 1.92 bits per heavy atom. The number of methoxy groups -OCH3 is 1. The smallest absolute Gasteiger partial charge is 0.276 e. The number of fused-ring (bicyclic) bond motifs is 1. The number of nitrogens with one attached hydrogen (secondary N) is 1. The summed E-state index contributed by atoms with van der Waals surface area (Å²) >= 11 is 0. The van der Waals surface area contributed by atoms with Gasteiger partial charge in [-0.25, -0.2) is 0 Å². The molecule has 7 heteroatoms. The average molecular weight is 341 g/mol. The molecule has 1 N–H and O–H groups in total. The Bertz CT molecular complexity index is 793. The number of hydrogen-bond donors (Lipinski definition) is 1. The molecule has 1 heterocycles. The van der Waals surface area contributed by atoms with Crippen LogP contribution in [0.3, 0.4) is 0 Å². The standard InChI is InChI=1S/C18H19N3O4/c1-25-12-6-11-20-17(14-8-3-5-10-16(14)21(23)24)19-15-9-4-2-7-13(15)18(20)22/h2-5,7-10,17,19H,6,11-12H2,1H3. The number of hydrogen-bond acceptors (Lipinski definition) is 5. The van der Waals surface area contributed by atoms with Crippen LogP contribution in [-0.2, 0) is 4.74 Å². The molecule has 0 radical (unpaired) electrons. The molecule has 0 fully saturated rings. The minimum absolute atomic E-state index is 0.0103. The molecule has 3 rings (SSSR count). The topological polar surface area (TPSA) is 84.7 Å². The first kappa shape index (κ1) is 16.9. The van der Waals surface area contributed by atoms with Crippen molar-refractivity contribution in [2.45, 2.75) is 12.6 Å². The number of anilines is 1. The van der Waals surface area contributed by atoms with E-state index in [-0.39, 0.29) is 11.6 Å². The van der Waals surface area contributed by atoms with E-state index in [9.17, 15) is 14.9 Å². The van der Waals surface area contributed by atoms with Gasteiger partial charge in [-0.3, -0.25) is 14.9 Å². The van der Waals surface area contributed by atoms with E-state index < -0.39 is 11.1 Å². The highest BCUT2D eigenvalue weighted by molar-refractivity contribution is 6.01. The van der Waals surface area contributed by atoms with E-state index in [0.29, 0.717) is 36.4 Å². The van der Waals surface area contributed by atoms with Gasteiger partial charge >= 0.3 is 0 Å². The fourth-order valence-corrected chi connectivity index (χ4v) is 3.03. The summed E-state index contributed by atoms with van der Waals surface area (Å²) in [5, 5.41) is 14.7. The molecule has 1 aliphatic rings. The molecule has 1 unspecified atom stereocenters. The summed E-state index contributed by atoms with van der Waals surface area (Å²) in [5.74, 6) is -0.145. The van der Waals surface area contributed by atoms with Crippen LogP contribution in [0.1, 0.15) is 28.5 Å². The molecular formula is C18H19N3O4. The van der Waals surface area contributed by atoms with Crippen molar-refractivity contribution >= 4 is 17.3 Å². The minimum Gasteiger partial charge on any atom is -0.385 e. The van der Waals surface area contributed by atoms with Gasteiger partial charge < -0.3 is 15.0 Å². The first-order valence-corrected chi connectivity index (χ1v) is 8.02. The van der Waals surface area contributed by atoms with E-state index in [2.05, 4.69) is 5.32 Å². The molecule has 2 aromatic carbocycles. The lowest BCUT2D eigenvalue weighted by molar-refractivity contribution is -0.385. The minimum atomic E-state index is -0.596. The van der Waals surface area contributed by atoms with E-state index >= 15 is 0 Å². The molecule has 25 heavy (non-hydrogen) atoms. The van der Waals surface area contributed by atoms with Crippen LogP contribution >= 0.6 is 0 Å². The number of nitro benzene ring substituents is 1. The molecule has 0 spiro atoms. The molecule has 0 saturated heterocycles. The molecule has 0 saturated carbocycles. The second kappa shape index (κ2) is 7.31. The summed E-state index contributed by atoms with van der Waals surface area (Å²) in [6, 6.07) is 13.7. The number of rotatable bonds is 6. The van der Waals surface area contributed by atoms with Gasteiger partial charge in [-0.05, 0) is 24.6 Å². The first-order chi connectivity index (χ1) is 12.1. The summed E-state index contributed by atoms with van der Waals surface area (Å²) in [5.41, 5.74) is 1.70. The molecule has 0 aromatic heterocycles. The normalized spacial score (nSPS) is 16.3. The maximum atomic E-state index is 13.0. The van der Waals surface area contributed by atoms with Gasteiger partial charge in [0, 0.05) is 32.0 Å². The van der Waals surface area contributed by atoms with E-state index in [1.165, 1.54) is 6.07 Å². The molecule has 130 valence electrons. The van der Waals surface area contributed by atoms with Crippen molar-refractivity contribution in [3.63, 3.8) is 0 Å². The zero-order valence-corrected chi connectivity index (χ0v) is 13.8. The van der Waals surface area contributed by atoms with Crippen molar-refractivity contribution in [1.82, 2.24) is 4.90 Å². The average Bonchev–Trinajstić information content (AvgIpc) is 2.63. The summed E-state index contributed by atoms with van der Waals surface area (Å²) in [6.07, 6.45) is 0.0457. The van der Waals surface area contributed by atoms with Gasteiger partial charge in [0.05, 0.1) is 16.1 Å². The van der Waals surface area contributed by atoms with Crippen molar-refractivity contribution in [3.8, 4) is 0 Å². The Hall–Kier alpha value is -2.93. The second-order valence-electron chi connectivity index (χ2n) is 5.75. The van der Waals surface area contributed by atoms with E-state index in [4.69, 9.17) is 4.74 Å². The monoisotopic (exact) mass is 341 g/mol. The summed E-state index contributed by atoms with van der Waals surface area (Å²) < 4.78 is 5.07. The second-order valence-corrected chi connectivity index (χ2v) is 5.75. The lowest BCUT2D eigenvalue weighted by atomic mass is 10.0. The highest BCUT2D eigenvalue weighted by atomic mass is 16.6. The van der Waals surface area contributed by atoms with Crippen LogP contribution in [-0.4, -0.2) is 36.0 Å². The fourth-order valence-electron chi connectivity index (χ4n) is 3.03. The summed E-state index contributed by atoms with van der Waals surface area (Å²) in [6.45, 7) is 0.944.